The van der Waals surface area contributed by atoms with E-state index in [0.717, 1.165) is 4.90 Å². The average molecular weight is 920 g/mol. The van der Waals surface area contributed by atoms with Crippen molar-refractivity contribution in [3.63, 3.8) is 0 Å². The number of benzene rings is 2. The third-order valence-electron chi connectivity index (χ3n) is 10.7. The molecule has 5 atom stereocenters. The zero-order chi connectivity index (χ0) is 48.7. The first-order valence-corrected chi connectivity index (χ1v) is 20.9. The molecular weight excluding hydrogens is 867 g/mol. The van der Waals surface area contributed by atoms with E-state index in [9.17, 15) is 58.2 Å². The van der Waals surface area contributed by atoms with E-state index in [-0.39, 0.29) is 86.8 Å². The van der Waals surface area contributed by atoms with Crippen molar-refractivity contribution in [2.45, 2.75) is 94.4 Å². The number of fused-ring (bicyclic) bond motifs is 3. The molecule has 1 saturated heterocycles. The van der Waals surface area contributed by atoms with Gasteiger partial charge in [0.2, 0.25) is 35.2 Å². The molecule has 0 aromatic heterocycles. The minimum Gasteiger partial charge on any atom is -0.481 e. The maximum Gasteiger partial charge on any atom is 0.326 e. The van der Waals surface area contributed by atoms with Crippen LogP contribution in [0.2, 0.25) is 0 Å². The van der Waals surface area contributed by atoms with Crippen molar-refractivity contribution >= 4 is 70.9 Å². The number of carboxylic acids is 3. The highest BCUT2D eigenvalue weighted by Crippen LogP contribution is 2.34. The Bertz CT molecular complexity index is 2290. The molecule has 0 spiro atoms. The maximum absolute atomic E-state index is 14.2. The predicted molar refractivity (Wildman–Crippen MR) is 234 cm³/mol. The maximum atomic E-state index is 14.2. The van der Waals surface area contributed by atoms with Crippen LogP contribution >= 0.6 is 0 Å². The number of carboxylic acid groups (broad SMARTS) is 3. The molecule has 0 bridgehead atoms. The van der Waals surface area contributed by atoms with E-state index in [4.69, 9.17) is 28.0 Å². The van der Waals surface area contributed by atoms with E-state index < -0.39 is 115 Å². The topological polar surface area (TPSA) is 412 Å². The molecule has 66 heavy (non-hydrogen) atoms. The summed E-state index contributed by atoms with van der Waals surface area (Å²) in [5.41, 5.74) is 22.7. The van der Waals surface area contributed by atoms with Gasteiger partial charge >= 0.3 is 17.9 Å². The molecule has 24 heteroatoms. The number of ketones is 2. The summed E-state index contributed by atoms with van der Waals surface area (Å²) < 4.78 is 0. The van der Waals surface area contributed by atoms with Gasteiger partial charge in [0.25, 0.3) is 5.91 Å². The average Bonchev–Trinajstić information content (AvgIpc) is 3.77. The molecule has 1 heterocycles. The largest absolute Gasteiger partial charge is 0.481 e. The van der Waals surface area contributed by atoms with E-state index in [1.807, 2.05) is 0 Å². The predicted octanol–water partition coefficient (Wildman–Crippen LogP) is -1.80. The summed E-state index contributed by atoms with van der Waals surface area (Å²) in [5, 5.41) is 38.1. The van der Waals surface area contributed by atoms with Crippen molar-refractivity contribution in [1.82, 2.24) is 26.2 Å². The molecule has 2 aromatic carbocycles. The summed E-state index contributed by atoms with van der Waals surface area (Å²) in [7, 11) is 0. The van der Waals surface area contributed by atoms with Gasteiger partial charge in [0, 0.05) is 49.2 Å². The van der Waals surface area contributed by atoms with Crippen molar-refractivity contribution in [1.29, 1.82) is 0 Å². The number of nitrogens with two attached hydrogens (primary N) is 4. The first-order chi connectivity index (χ1) is 31.3. The minimum absolute atomic E-state index is 0.0150. The summed E-state index contributed by atoms with van der Waals surface area (Å²) in [6, 6.07) is 3.38. The Labute approximate surface area is 377 Å². The lowest BCUT2D eigenvalue weighted by atomic mass is 9.83. The number of hydrogen-bond donors (Lipinski definition) is 11. The van der Waals surface area contributed by atoms with Crippen molar-refractivity contribution in [3.8, 4) is 11.1 Å². The highest BCUT2D eigenvalue weighted by atomic mass is 16.4. The molecular formula is C42H53N11O13. The lowest BCUT2D eigenvalue weighted by Crippen LogP contribution is -2.58. The zero-order valence-electron chi connectivity index (χ0n) is 35.7. The number of hydrogen-bond acceptors (Lipinski definition) is 12. The number of guanidine groups is 2. The van der Waals surface area contributed by atoms with Crippen LogP contribution in [0.25, 0.3) is 11.1 Å². The molecule has 354 valence electrons. The second kappa shape index (κ2) is 23.7. The fourth-order valence-electron chi connectivity index (χ4n) is 7.42. The lowest BCUT2D eigenvalue weighted by Gasteiger charge is -2.30. The Balaban J connectivity index is 1.56. The fourth-order valence-corrected chi connectivity index (χ4v) is 7.42. The Morgan fingerprint density at radius 3 is 1.71 bits per heavy atom. The van der Waals surface area contributed by atoms with Crippen LogP contribution in [-0.4, -0.2) is 141 Å². The molecule has 1 aliphatic heterocycles. The first kappa shape index (κ1) is 50.7. The van der Waals surface area contributed by atoms with E-state index in [2.05, 4.69) is 31.3 Å². The van der Waals surface area contributed by atoms with Gasteiger partial charge in [-0.1, -0.05) is 30.3 Å². The van der Waals surface area contributed by atoms with Gasteiger partial charge in [0.15, 0.2) is 11.9 Å². The number of aliphatic imine (C=N–C) groups is 2. The van der Waals surface area contributed by atoms with E-state index in [0.29, 0.717) is 11.1 Å². The minimum atomic E-state index is -1.62. The van der Waals surface area contributed by atoms with Crippen LogP contribution in [0.5, 0.6) is 0 Å². The number of nitrogens with zero attached hydrogens (tertiary/aromatic N) is 3. The van der Waals surface area contributed by atoms with Gasteiger partial charge in [-0.25, -0.2) is 4.79 Å². The molecule has 1 aliphatic carbocycles. The zero-order valence-corrected chi connectivity index (χ0v) is 35.7. The number of nitrogens with one attached hydrogen (secondary N) is 4. The monoisotopic (exact) mass is 919 g/mol. The summed E-state index contributed by atoms with van der Waals surface area (Å²) in [5.74, 6) is -10.7. The third-order valence-corrected chi connectivity index (χ3v) is 10.7. The van der Waals surface area contributed by atoms with Crippen LogP contribution in [0.4, 0.5) is 0 Å². The van der Waals surface area contributed by atoms with Crippen molar-refractivity contribution in [3.05, 3.63) is 59.2 Å². The van der Waals surface area contributed by atoms with Gasteiger partial charge in [0.05, 0.1) is 0 Å². The van der Waals surface area contributed by atoms with Gasteiger partial charge in [0.1, 0.15) is 30.2 Å². The molecule has 1 fully saturated rings. The van der Waals surface area contributed by atoms with Gasteiger partial charge in [-0.3, -0.25) is 53.1 Å². The van der Waals surface area contributed by atoms with E-state index >= 15 is 0 Å². The standard InChI is InChI=1S/C42H53N11O13/c43-41(44)47-17-3-8-26(49-35(60)21-11-12-23-22-6-1-2-7-24(22)33(58)34(59)25(23)20-21)36(61)51-28(13-15-31(54)55)39(64)53-19-5-10-30(53)38(63)50-27(9-4-18-48-42(45)46)37(62)52-29(40(65)66)14-16-32(56)57/h1-2,6-7,11-12,20,26-30H,3-5,8-10,13-19H2,(H,49,60)(H,50,63)(H,51,61)(H,52,62)(H,54,55)(H,56,57)(H,65,66)(H4,43,44,47)(H4,45,46,48)/t26-,27-,28-,29-,30-/m0/s1. The lowest BCUT2D eigenvalue weighted by molar-refractivity contribution is -0.145. The highest BCUT2D eigenvalue weighted by molar-refractivity contribution is 6.53. The first-order valence-electron chi connectivity index (χ1n) is 20.9. The fraction of sp³-hybridized carbons (Fsp3) is 0.429. The second-order valence-electron chi connectivity index (χ2n) is 15.5. The molecule has 5 amide bonds. The number of aliphatic carboxylic acids is 3. The molecule has 0 saturated carbocycles. The number of likely N-dealkylation sites (tertiary alicyclic amines) is 1. The number of carbonyl (C=O) groups is 10. The SMILES string of the molecule is NC(N)=NCCC[C@H](NC(=O)c1ccc2c(c1)C(=O)C(=O)c1ccccc1-2)C(=O)N[C@@H](CCC(=O)O)C(=O)N1CCC[C@H]1C(=O)N[C@@H](CCCN=C(N)N)C(=O)N[C@@H](CCC(=O)O)C(=O)O. The molecule has 24 nitrogen and oxygen atoms in total. The number of rotatable bonds is 24. The molecule has 2 aliphatic rings. The summed E-state index contributed by atoms with van der Waals surface area (Å²) in [6.07, 6.45) is -1.77. The normalized spacial score (nSPS) is 15.6. The Kier molecular flexibility index (Phi) is 18.2. The number of Topliss-reactive ketones (excluding diaryl/α,β-unsaturated/α-hetero) is 2. The van der Waals surface area contributed by atoms with Crippen LogP contribution < -0.4 is 44.2 Å². The van der Waals surface area contributed by atoms with Crippen LogP contribution in [0.1, 0.15) is 95.3 Å². The number of carbonyl (C=O) groups excluding carboxylic acids is 7. The van der Waals surface area contributed by atoms with Gasteiger partial charge in [-0.05, 0) is 74.6 Å². The van der Waals surface area contributed by atoms with Crippen molar-refractivity contribution in [2.75, 3.05) is 19.6 Å². The quantitative estimate of drug-likeness (QED) is 0.0239. The highest BCUT2D eigenvalue weighted by Gasteiger charge is 2.40. The molecule has 0 unspecified atom stereocenters. The van der Waals surface area contributed by atoms with E-state index in [1.165, 1.54) is 24.3 Å². The smallest absolute Gasteiger partial charge is 0.326 e. The molecule has 0 radical (unpaired) electrons. The van der Waals surface area contributed by atoms with Crippen LogP contribution in [0, 0.1) is 0 Å². The number of amides is 5. The van der Waals surface area contributed by atoms with Crippen LogP contribution in [-0.2, 0) is 33.6 Å². The van der Waals surface area contributed by atoms with Crippen LogP contribution in [0.3, 0.4) is 0 Å². The van der Waals surface area contributed by atoms with Gasteiger partial charge in [-0.2, -0.15) is 0 Å². The van der Waals surface area contributed by atoms with Crippen molar-refractivity contribution < 1.29 is 63.3 Å². The Morgan fingerprint density at radius 1 is 0.636 bits per heavy atom. The Morgan fingerprint density at radius 2 is 1.15 bits per heavy atom. The van der Waals surface area contributed by atoms with E-state index in [1.54, 1.807) is 18.2 Å². The van der Waals surface area contributed by atoms with Crippen LogP contribution in [0.15, 0.2) is 52.4 Å². The molecule has 15 N–H and O–H groups in total. The Hall–Kier alpha value is -7.92. The summed E-state index contributed by atoms with van der Waals surface area (Å²) in [4.78, 5) is 139. The second-order valence-corrected chi connectivity index (χ2v) is 15.5. The summed E-state index contributed by atoms with van der Waals surface area (Å²) in [6.45, 7) is 0.00715. The molecule has 4 rings (SSSR count). The molecule has 2 aromatic rings. The summed E-state index contributed by atoms with van der Waals surface area (Å²) >= 11 is 0. The van der Waals surface area contributed by atoms with Gasteiger partial charge in [-0.15, -0.1) is 0 Å². The van der Waals surface area contributed by atoms with Crippen molar-refractivity contribution in [2.24, 2.45) is 32.9 Å². The van der Waals surface area contributed by atoms with Gasteiger partial charge < -0.3 is 64.4 Å². The third kappa shape index (κ3) is 14.0.